The van der Waals surface area contributed by atoms with Crippen molar-refractivity contribution in [3.63, 3.8) is 0 Å². The molecule has 1 aliphatic rings. The molecular formula is C14H9Br2FN2O. The smallest absolute Gasteiger partial charge is 0.251 e. The second-order valence-corrected chi connectivity index (χ2v) is 6.25. The van der Waals surface area contributed by atoms with E-state index in [2.05, 4.69) is 42.5 Å². The van der Waals surface area contributed by atoms with Crippen LogP contribution >= 0.6 is 31.9 Å². The van der Waals surface area contributed by atoms with Crippen LogP contribution < -0.4 is 10.6 Å². The third-order valence-corrected chi connectivity index (χ3v) is 4.06. The van der Waals surface area contributed by atoms with Crippen molar-refractivity contribution in [1.82, 2.24) is 0 Å². The molecule has 0 spiro atoms. The number of anilines is 2. The van der Waals surface area contributed by atoms with Gasteiger partial charge in [0.05, 0.1) is 5.69 Å². The highest BCUT2D eigenvalue weighted by atomic mass is 79.9. The zero-order valence-corrected chi connectivity index (χ0v) is 13.3. The summed E-state index contributed by atoms with van der Waals surface area (Å²) in [6, 6.07) is 9.61. The van der Waals surface area contributed by atoms with E-state index < -0.39 is 11.9 Å². The van der Waals surface area contributed by atoms with Gasteiger partial charge in [-0.25, -0.2) is 4.39 Å². The summed E-state index contributed by atoms with van der Waals surface area (Å²) in [5.41, 5.74) is 1.84. The molecule has 1 aliphatic heterocycles. The topological polar surface area (TPSA) is 41.1 Å². The summed E-state index contributed by atoms with van der Waals surface area (Å²) in [4.78, 5) is 12.0. The average molecular weight is 400 g/mol. The first-order chi connectivity index (χ1) is 9.54. The van der Waals surface area contributed by atoms with Gasteiger partial charge in [-0.2, -0.15) is 0 Å². The van der Waals surface area contributed by atoms with Crippen LogP contribution in [0.2, 0.25) is 0 Å². The highest BCUT2D eigenvalue weighted by Crippen LogP contribution is 2.35. The summed E-state index contributed by atoms with van der Waals surface area (Å²) in [5, 5.41) is 5.71. The first kappa shape index (κ1) is 13.6. The van der Waals surface area contributed by atoms with Crippen molar-refractivity contribution in [2.45, 2.75) is 6.04 Å². The van der Waals surface area contributed by atoms with Gasteiger partial charge in [-0.3, -0.25) is 4.79 Å². The number of hydrogen-bond acceptors (Lipinski definition) is 2. The van der Waals surface area contributed by atoms with Crippen molar-refractivity contribution in [1.29, 1.82) is 0 Å². The van der Waals surface area contributed by atoms with Crippen LogP contribution in [0.5, 0.6) is 0 Å². The molecule has 102 valence electrons. The summed E-state index contributed by atoms with van der Waals surface area (Å²) in [5.74, 6) is -0.599. The van der Waals surface area contributed by atoms with Gasteiger partial charge in [0.1, 0.15) is 11.9 Å². The van der Waals surface area contributed by atoms with Crippen molar-refractivity contribution in [3.8, 4) is 0 Å². The Bertz CT molecular complexity index is 706. The van der Waals surface area contributed by atoms with Crippen LogP contribution in [-0.4, -0.2) is 5.91 Å². The molecule has 0 saturated carbocycles. The minimum atomic E-state index is -0.589. The van der Waals surface area contributed by atoms with Crippen LogP contribution in [0.25, 0.3) is 0 Å². The molecule has 3 rings (SSSR count). The lowest BCUT2D eigenvalue weighted by molar-refractivity contribution is -0.116. The summed E-state index contributed by atoms with van der Waals surface area (Å²) in [7, 11) is 0. The molecule has 0 fully saturated rings. The molecule has 20 heavy (non-hydrogen) atoms. The maximum absolute atomic E-state index is 13.8. The number of halogens is 3. The molecule has 2 N–H and O–H groups in total. The normalized spacial score (nSPS) is 16.8. The predicted molar refractivity (Wildman–Crippen MR) is 83.2 cm³/mol. The van der Waals surface area contributed by atoms with Crippen LogP contribution in [0.1, 0.15) is 11.6 Å². The van der Waals surface area contributed by atoms with Crippen molar-refractivity contribution < 1.29 is 9.18 Å². The quantitative estimate of drug-likeness (QED) is 0.782. The number of hydrogen-bond donors (Lipinski definition) is 2. The van der Waals surface area contributed by atoms with Gasteiger partial charge in [0, 0.05) is 20.2 Å². The summed E-state index contributed by atoms with van der Waals surface area (Å²) >= 11 is 6.56. The Balaban J connectivity index is 1.94. The standard InChI is InChI=1S/C14H9Br2FN2O/c15-7-2-4-11(10(17)5-7)18-13-9-3-1-8(16)6-12(9)19-14(13)20/h1-6,13,18H,(H,19,20). The van der Waals surface area contributed by atoms with Gasteiger partial charge < -0.3 is 10.6 Å². The molecule has 0 saturated heterocycles. The van der Waals surface area contributed by atoms with E-state index in [0.29, 0.717) is 10.2 Å². The number of nitrogens with one attached hydrogen (secondary N) is 2. The van der Waals surface area contributed by atoms with E-state index in [4.69, 9.17) is 0 Å². The number of amides is 1. The molecule has 0 aliphatic carbocycles. The van der Waals surface area contributed by atoms with Crippen LogP contribution in [0, 0.1) is 5.82 Å². The van der Waals surface area contributed by atoms with E-state index in [9.17, 15) is 9.18 Å². The number of fused-ring (bicyclic) bond motifs is 1. The lowest BCUT2D eigenvalue weighted by Crippen LogP contribution is -2.20. The van der Waals surface area contributed by atoms with Crippen LogP contribution in [-0.2, 0) is 4.79 Å². The lowest BCUT2D eigenvalue weighted by atomic mass is 10.1. The molecule has 0 aromatic heterocycles. The molecule has 1 unspecified atom stereocenters. The first-order valence-corrected chi connectivity index (χ1v) is 7.45. The summed E-state index contributed by atoms with van der Waals surface area (Å²) in [6.07, 6.45) is 0. The van der Waals surface area contributed by atoms with Crippen molar-refractivity contribution in [3.05, 3.63) is 56.7 Å². The number of benzene rings is 2. The number of rotatable bonds is 2. The number of carbonyl (C=O) groups is 1. The third kappa shape index (κ3) is 2.45. The third-order valence-electron chi connectivity index (χ3n) is 3.08. The SMILES string of the molecule is O=C1Nc2cc(Br)ccc2C1Nc1ccc(Br)cc1F. The Morgan fingerprint density at radius 3 is 2.55 bits per heavy atom. The predicted octanol–water partition coefficient (Wildman–Crippen LogP) is 4.46. The Morgan fingerprint density at radius 2 is 1.80 bits per heavy atom. The molecule has 6 heteroatoms. The van der Waals surface area contributed by atoms with E-state index in [1.807, 2.05) is 18.2 Å². The minimum Gasteiger partial charge on any atom is -0.368 e. The maximum Gasteiger partial charge on any atom is 0.251 e. The van der Waals surface area contributed by atoms with Gasteiger partial charge in [0.25, 0.3) is 5.91 Å². The Labute approximate surface area is 131 Å². The van der Waals surface area contributed by atoms with Gasteiger partial charge in [-0.05, 0) is 30.3 Å². The van der Waals surface area contributed by atoms with Crippen LogP contribution in [0.3, 0.4) is 0 Å². The van der Waals surface area contributed by atoms with E-state index in [-0.39, 0.29) is 5.91 Å². The van der Waals surface area contributed by atoms with E-state index in [0.717, 1.165) is 15.7 Å². The highest BCUT2D eigenvalue weighted by molar-refractivity contribution is 9.10. The fourth-order valence-corrected chi connectivity index (χ4v) is 2.83. The molecule has 2 aromatic carbocycles. The highest BCUT2D eigenvalue weighted by Gasteiger charge is 2.30. The average Bonchev–Trinajstić information content (AvgIpc) is 2.68. The van der Waals surface area contributed by atoms with Gasteiger partial charge >= 0.3 is 0 Å². The fraction of sp³-hybridized carbons (Fsp3) is 0.0714. The van der Waals surface area contributed by atoms with Crippen LogP contribution in [0.15, 0.2) is 45.3 Å². The van der Waals surface area contributed by atoms with Gasteiger partial charge in [-0.1, -0.05) is 37.9 Å². The molecular weight excluding hydrogens is 391 g/mol. The molecule has 0 bridgehead atoms. The Kier molecular flexibility index (Phi) is 3.52. The molecule has 1 heterocycles. The second kappa shape index (κ2) is 5.18. The van der Waals surface area contributed by atoms with Gasteiger partial charge in [0.15, 0.2) is 0 Å². The number of carbonyl (C=O) groups excluding carboxylic acids is 1. The molecule has 2 aromatic rings. The zero-order chi connectivity index (χ0) is 14.3. The monoisotopic (exact) mass is 398 g/mol. The molecule has 3 nitrogen and oxygen atoms in total. The van der Waals surface area contributed by atoms with E-state index in [1.54, 1.807) is 12.1 Å². The minimum absolute atomic E-state index is 0.194. The molecule has 1 amide bonds. The molecule has 0 radical (unpaired) electrons. The van der Waals surface area contributed by atoms with Crippen LogP contribution in [0.4, 0.5) is 15.8 Å². The Hall–Kier alpha value is -1.40. The van der Waals surface area contributed by atoms with Crippen molar-refractivity contribution in [2.24, 2.45) is 0 Å². The van der Waals surface area contributed by atoms with Gasteiger partial charge in [-0.15, -0.1) is 0 Å². The van der Waals surface area contributed by atoms with Crippen molar-refractivity contribution in [2.75, 3.05) is 10.6 Å². The summed E-state index contributed by atoms with van der Waals surface area (Å²) < 4.78 is 15.4. The Morgan fingerprint density at radius 1 is 1.10 bits per heavy atom. The van der Waals surface area contributed by atoms with E-state index >= 15 is 0 Å². The molecule has 1 atom stereocenters. The lowest BCUT2D eigenvalue weighted by Gasteiger charge is -2.14. The largest absolute Gasteiger partial charge is 0.368 e. The maximum atomic E-state index is 13.8. The zero-order valence-electron chi connectivity index (χ0n) is 10.1. The van der Waals surface area contributed by atoms with Gasteiger partial charge in [0.2, 0.25) is 0 Å². The summed E-state index contributed by atoms with van der Waals surface area (Å²) in [6.45, 7) is 0. The fourth-order valence-electron chi connectivity index (χ4n) is 2.14. The first-order valence-electron chi connectivity index (χ1n) is 5.86. The second-order valence-electron chi connectivity index (χ2n) is 4.42. The van der Waals surface area contributed by atoms with Crippen molar-refractivity contribution >= 4 is 49.1 Å². The van der Waals surface area contributed by atoms with E-state index in [1.165, 1.54) is 6.07 Å².